The van der Waals surface area contributed by atoms with Gasteiger partial charge in [0.1, 0.15) is 6.04 Å². The predicted molar refractivity (Wildman–Crippen MR) is 60.7 cm³/mol. The number of anilines is 1. The SMILES string of the molecule is O=C(O)N[C@H]1CSc2ccccc2NC1=O. The Hall–Kier alpha value is -1.69. The zero-order chi connectivity index (χ0) is 11.5. The summed E-state index contributed by atoms with van der Waals surface area (Å²) >= 11 is 1.45. The van der Waals surface area contributed by atoms with E-state index in [-0.39, 0.29) is 5.91 Å². The van der Waals surface area contributed by atoms with E-state index >= 15 is 0 Å². The highest BCUT2D eigenvalue weighted by Crippen LogP contribution is 2.30. The minimum atomic E-state index is -1.19. The van der Waals surface area contributed by atoms with Gasteiger partial charge in [0, 0.05) is 10.6 Å². The summed E-state index contributed by atoms with van der Waals surface area (Å²) in [5.74, 6) is 0.0784. The van der Waals surface area contributed by atoms with Crippen molar-refractivity contribution in [2.75, 3.05) is 11.1 Å². The van der Waals surface area contributed by atoms with Gasteiger partial charge in [-0.15, -0.1) is 11.8 Å². The number of carbonyl (C=O) groups is 2. The second kappa shape index (κ2) is 4.44. The Morgan fingerprint density at radius 2 is 2.25 bits per heavy atom. The Labute approximate surface area is 96.2 Å². The fourth-order valence-electron chi connectivity index (χ4n) is 1.42. The number of hydrogen-bond donors (Lipinski definition) is 3. The average molecular weight is 238 g/mol. The zero-order valence-corrected chi connectivity index (χ0v) is 9.08. The lowest BCUT2D eigenvalue weighted by atomic mass is 10.3. The summed E-state index contributed by atoms with van der Waals surface area (Å²) in [4.78, 5) is 23.1. The molecule has 0 unspecified atom stereocenters. The van der Waals surface area contributed by atoms with E-state index < -0.39 is 12.1 Å². The molecule has 1 aliphatic rings. The highest BCUT2D eigenvalue weighted by atomic mass is 32.2. The molecule has 1 aliphatic heterocycles. The first-order valence-electron chi connectivity index (χ1n) is 4.69. The monoisotopic (exact) mass is 238 g/mol. The topological polar surface area (TPSA) is 78.4 Å². The van der Waals surface area contributed by atoms with Gasteiger partial charge in [-0.3, -0.25) is 4.79 Å². The molecular formula is C10H10N2O3S. The molecule has 1 aromatic carbocycles. The van der Waals surface area contributed by atoms with Crippen molar-refractivity contribution in [3.05, 3.63) is 24.3 Å². The van der Waals surface area contributed by atoms with Crippen LogP contribution in [0.5, 0.6) is 0 Å². The van der Waals surface area contributed by atoms with Crippen LogP contribution in [0.3, 0.4) is 0 Å². The molecule has 84 valence electrons. The fourth-order valence-corrected chi connectivity index (χ4v) is 2.45. The predicted octanol–water partition coefficient (Wildman–Crippen LogP) is 1.37. The minimum Gasteiger partial charge on any atom is -0.465 e. The Bertz CT molecular complexity index is 436. The van der Waals surface area contributed by atoms with Crippen LogP contribution in [-0.4, -0.2) is 28.9 Å². The molecule has 0 saturated carbocycles. The average Bonchev–Trinajstić information content (AvgIpc) is 2.39. The van der Waals surface area contributed by atoms with Gasteiger partial charge in [-0.05, 0) is 12.1 Å². The maximum Gasteiger partial charge on any atom is 0.405 e. The molecule has 2 amide bonds. The van der Waals surface area contributed by atoms with Crippen LogP contribution in [0.15, 0.2) is 29.2 Å². The van der Waals surface area contributed by atoms with Crippen molar-refractivity contribution in [1.29, 1.82) is 0 Å². The van der Waals surface area contributed by atoms with Gasteiger partial charge in [0.25, 0.3) is 0 Å². The molecule has 0 saturated heterocycles. The zero-order valence-electron chi connectivity index (χ0n) is 8.27. The lowest BCUT2D eigenvalue weighted by molar-refractivity contribution is -0.117. The van der Waals surface area contributed by atoms with E-state index in [4.69, 9.17) is 5.11 Å². The van der Waals surface area contributed by atoms with E-state index in [1.54, 1.807) is 6.07 Å². The van der Waals surface area contributed by atoms with Crippen LogP contribution >= 0.6 is 11.8 Å². The minimum absolute atomic E-state index is 0.320. The third-order valence-corrected chi connectivity index (χ3v) is 3.33. The molecule has 3 N–H and O–H groups in total. The van der Waals surface area contributed by atoms with Crippen LogP contribution in [0.2, 0.25) is 0 Å². The van der Waals surface area contributed by atoms with E-state index in [9.17, 15) is 9.59 Å². The number of para-hydroxylation sites is 1. The summed E-state index contributed by atoms with van der Waals surface area (Å²) in [7, 11) is 0. The van der Waals surface area contributed by atoms with Crippen LogP contribution in [-0.2, 0) is 4.79 Å². The first-order valence-corrected chi connectivity index (χ1v) is 5.67. The molecule has 0 aliphatic carbocycles. The smallest absolute Gasteiger partial charge is 0.405 e. The Morgan fingerprint density at radius 1 is 1.50 bits per heavy atom. The van der Waals surface area contributed by atoms with Crippen molar-refractivity contribution in [3.63, 3.8) is 0 Å². The molecule has 0 aromatic heterocycles. The van der Waals surface area contributed by atoms with Crippen LogP contribution in [0.25, 0.3) is 0 Å². The van der Waals surface area contributed by atoms with Gasteiger partial charge >= 0.3 is 6.09 Å². The summed E-state index contributed by atoms with van der Waals surface area (Å²) < 4.78 is 0. The summed E-state index contributed by atoms with van der Waals surface area (Å²) in [5, 5.41) is 13.5. The molecule has 1 aromatic rings. The summed E-state index contributed by atoms with van der Waals surface area (Å²) in [6.07, 6.45) is -1.19. The van der Waals surface area contributed by atoms with Gasteiger partial charge < -0.3 is 15.7 Å². The van der Waals surface area contributed by atoms with E-state index in [2.05, 4.69) is 10.6 Å². The molecule has 0 spiro atoms. The molecule has 1 atom stereocenters. The van der Waals surface area contributed by atoms with Gasteiger partial charge in [-0.25, -0.2) is 4.79 Å². The molecule has 0 fully saturated rings. The molecular weight excluding hydrogens is 228 g/mol. The molecule has 6 heteroatoms. The molecule has 1 heterocycles. The lowest BCUT2D eigenvalue weighted by Crippen LogP contribution is -2.44. The van der Waals surface area contributed by atoms with Gasteiger partial charge in [0.15, 0.2) is 0 Å². The van der Waals surface area contributed by atoms with Crippen molar-refractivity contribution in [3.8, 4) is 0 Å². The quantitative estimate of drug-likeness (QED) is 0.690. The molecule has 2 rings (SSSR count). The number of rotatable bonds is 1. The largest absolute Gasteiger partial charge is 0.465 e. The van der Waals surface area contributed by atoms with Crippen molar-refractivity contribution >= 4 is 29.4 Å². The summed E-state index contributed by atoms with van der Waals surface area (Å²) in [6.45, 7) is 0. The molecule has 0 radical (unpaired) electrons. The van der Waals surface area contributed by atoms with E-state index in [0.29, 0.717) is 5.75 Å². The number of thioether (sulfide) groups is 1. The number of nitrogens with one attached hydrogen (secondary N) is 2. The molecule has 5 nitrogen and oxygen atoms in total. The van der Waals surface area contributed by atoms with Crippen LogP contribution in [0, 0.1) is 0 Å². The van der Waals surface area contributed by atoms with Crippen LogP contribution < -0.4 is 10.6 Å². The number of amides is 2. The van der Waals surface area contributed by atoms with E-state index in [0.717, 1.165) is 10.6 Å². The first kappa shape index (κ1) is 10.8. The van der Waals surface area contributed by atoms with E-state index in [1.165, 1.54) is 11.8 Å². The van der Waals surface area contributed by atoms with Crippen molar-refractivity contribution in [1.82, 2.24) is 5.32 Å². The second-order valence-electron chi connectivity index (χ2n) is 3.30. The Kier molecular flexibility index (Phi) is 3.00. The Morgan fingerprint density at radius 3 is 3.00 bits per heavy atom. The molecule has 0 bridgehead atoms. The number of hydrogen-bond acceptors (Lipinski definition) is 3. The molecule has 16 heavy (non-hydrogen) atoms. The maximum absolute atomic E-state index is 11.7. The fraction of sp³-hybridized carbons (Fsp3) is 0.200. The number of carbonyl (C=O) groups excluding carboxylic acids is 1. The highest BCUT2D eigenvalue weighted by Gasteiger charge is 2.24. The number of carboxylic acid groups (broad SMARTS) is 1. The third kappa shape index (κ3) is 2.27. The van der Waals surface area contributed by atoms with Crippen molar-refractivity contribution in [2.24, 2.45) is 0 Å². The normalized spacial score (nSPS) is 19.2. The first-order chi connectivity index (χ1) is 7.66. The number of fused-ring (bicyclic) bond motifs is 1. The third-order valence-electron chi connectivity index (χ3n) is 2.16. The second-order valence-corrected chi connectivity index (χ2v) is 4.36. The van der Waals surface area contributed by atoms with Gasteiger partial charge in [-0.1, -0.05) is 12.1 Å². The van der Waals surface area contributed by atoms with Gasteiger partial charge in [0.2, 0.25) is 5.91 Å². The Balaban J connectivity index is 2.18. The van der Waals surface area contributed by atoms with Crippen molar-refractivity contribution in [2.45, 2.75) is 10.9 Å². The lowest BCUT2D eigenvalue weighted by Gasteiger charge is -2.11. The van der Waals surface area contributed by atoms with Crippen LogP contribution in [0.1, 0.15) is 0 Å². The summed E-state index contributed by atoms with van der Waals surface area (Å²) in [6, 6.07) is 6.68. The maximum atomic E-state index is 11.7. The van der Waals surface area contributed by atoms with E-state index in [1.807, 2.05) is 18.2 Å². The standard InChI is InChI=1S/C10H10N2O3S/c13-9-7(12-10(14)15)5-16-8-4-2-1-3-6(8)11-9/h1-4,7,12H,5H2,(H,11,13)(H,14,15)/t7-/m0/s1. The van der Waals surface area contributed by atoms with Gasteiger partial charge in [0.05, 0.1) is 5.69 Å². The van der Waals surface area contributed by atoms with Crippen molar-refractivity contribution < 1.29 is 14.7 Å². The number of benzene rings is 1. The van der Waals surface area contributed by atoms with Crippen LogP contribution in [0.4, 0.5) is 10.5 Å². The summed E-state index contributed by atoms with van der Waals surface area (Å²) in [5.41, 5.74) is 0.729. The van der Waals surface area contributed by atoms with Gasteiger partial charge in [-0.2, -0.15) is 0 Å². The highest BCUT2D eigenvalue weighted by molar-refractivity contribution is 7.99.